The SMILES string of the molecule is Cc1csc(C(C)NC2CCNC2)n1. The summed E-state index contributed by atoms with van der Waals surface area (Å²) in [5.74, 6) is 0. The highest BCUT2D eigenvalue weighted by Crippen LogP contribution is 2.18. The summed E-state index contributed by atoms with van der Waals surface area (Å²) in [5.41, 5.74) is 1.13. The van der Waals surface area contributed by atoms with Gasteiger partial charge in [-0.05, 0) is 26.8 Å². The maximum absolute atomic E-state index is 4.49. The fraction of sp³-hybridized carbons (Fsp3) is 0.700. The second-order valence-corrected chi connectivity index (χ2v) is 4.79. The van der Waals surface area contributed by atoms with E-state index in [-0.39, 0.29) is 0 Å². The van der Waals surface area contributed by atoms with Crippen molar-refractivity contribution < 1.29 is 0 Å². The maximum atomic E-state index is 4.49. The quantitative estimate of drug-likeness (QED) is 0.795. The Labute approximate surface area is 88.9 Å². The molecule has 0 radical (unpaired) electrons. The summed E-state index contributed by atoms with van der Waals surface area (Å²) in [5, 5.41) is 10.3. The number of nitrogens with one attached hydrogen (secondary N) is 2. The van der Waals surface area contributed by atoms with Crippen LogP contribution < -0.4 is 10.6 Å². The topological polar surface area (TPSA) is 37.0 Å². The largest absolute Gasteiger partial charge is 0.315 e. The molecule has 1 aliphatic heterocycles. The molecule has 0 saturated carbocycles. The smallest absolute Gasteiger partial charge is 0.110 e. The van der Waals surface area contributed by atoms with Crippen LogP contribution in [0, 0.1) is 6.92 Å². The molecular weight excluding hydrogens is 194 g/mol. The summed E-state index contributed by atoms with van der Waals surface area (Å²) >= 11 is 1.75. The van der Waals surface area contributed by atoms with E-state index in [4.69, 9.17) is 0 Å². The monoisotopic (exact) mass is 211 g/mol. The molecule has 78 valence electrons. The Morgan fingerprint density at radius 2 is 2.57 bits per heavy atom. The predicted octanol–water partition coefficient (Wildman–Crippen LogP) is 1.46. The van der Waals surface area contributed by atoms with Crippen molar-refractivity contribution in [2.45, 2.75) is 32.4 Å². The van der Waals surface area contributed by atoms with Gasteiger partial charge >= 0.3 is 0 Å². The van der Waals surface area contributed by atoms with Crippen LogP contribution in [0.1, 0.15) is 30.1 Å². The molecule has 3 nitrogen and oxygen atoms in total. The molecule has 0 aliphatic carbocycles. The Morgan fingerprint density at radius 1 is 1.71 bits per heavy atom. The highest BCUT2D eigenvalue weighted by molar-refractivity contribution is 7.09. The molecule has 1 aromatic heterocycles. The van der Waals surface area contributed by atoms with Gasteiger partial charge in [-0.15, -0.1) is 11.3 Å². The van der Waals surface area contributed by atoms with E-state index in [1.54, 1.807) is 11.3 Å². The number of aromatic nitrogens is 1. The lowest BCUT2D eigenvalue weighted by molar-refractivity contribution is 0.477. The van der Waals surface area contributed by atoms with Crippen LogP contribution in [0.15, 0.2) is 5.38 Å². The standard InChI is InChI=1S/C10H17N3S/c1-7-6-14-10(12-7)8(2)13-9-3-4-11-5-9/h6,8-9,11,13H,3-5H2,1-2H3. The number of hydrogen-bond acceptors (Lipinski definition) is 4. The zero-order valence-corrected chi connectivity index (χ0v) is 9.53. The molecule has 1 saturated heterocycles. The van der Waals surface area contributed by atoms with E-state index in [2.05, 4.69) is 27.9 Å². The van der Waals surface area contributed by atoms with Gasteiger partial charge in [0.05, 0.1) is 6.04 Å². The molecule has 1 fully saturated rings. The molecule has 0 bridgehead atoms. The molecule has 2 rings (SSSR count). The minimum Gasteiger partial charge on any atom is -0.315 e. The molecule has 1 aromatic rings. The zero-order chi connectivity index (χ0) is 9.97. The van der Waals surface area contributed by atoms with Gasteiger partial charge in [0.1, 0.15) is 5.01 Å². The van der Waals surface area contributed by atoms with Crippen molar-refractivity contribution in [2.24, 2.45) is 0 Å². The molecule has 14 heavy (non-hydrogen) atoms. The van der Waals surface area contributed by atoms with E-state index >= 15 is 0 Å². The number of thiazole rings is 1. The van der Waals surface area contributed by atoms with Gasteiger partial charge in [0.15, 0.2) is 0 Å². The van der Waals surface area contributed by atoms with Crippen LogP contribution in [0.25, 0.3) is 0 Å². The van der Waals surface area contributed by atoms with Crippen molar-refractivity contribution in [3.05, 3.63) is 16.1 Å². The summed E-state index contributed by atoms with van der Waals surface area (Å²) in [6.07, 6.45) is 1.23. The van der Waals surface area contributed by atoms with Crippen molar-refractivity contribution in [2.75, 3.05) is 13.1 Å². The average molecular weight is 211 g/mol. The number of hydrogen-bond donors (Lipinski definition) is 2. The third kappa shape index (κ3) is 2.32. The molecule has 1 aliphatic rings. The van der Waals surface area contributed by atoms with Gasteiger partial charge in [0.25, 0.3) is 0 Å². The van der Waals surface area contributed by atoms with Gasteiger partial charge in [0, 0.05) is 23.7 Å². The Bertz CT molecular complexity index is 291. The molecule has 0 amide bonds. The summed E-state index contributed by atoms with van der Waals surface area (Å²) in [4.78, 5) is 4.49. The lowest BCUT2D eigenvalue weighted by atomic mass is 10.2. The lowest BCUT2D eigenvalue weighted by Gasteiger charge is -2.16. The van der Waals surface area contributed by atoms with Crippen molar-refractivity contribution in [3.63, 3.8) is 0 Å². The van der Waals surface area contributed by atoms with E-state index in [1.165, 1.54) is 11.4 Å². The van der Waals surface area contributed by atoms with Crippen LogP contribution in [-0.2, 0) is 0 Å². The molecule has 2 atom stereocenters. The average Bonchev–Trinajstić information content (AvgIpc) is 2.75. The first-order valence-electron chi connectivity index (χ1n) is 5.14. The molecular formula is C10H17N3S. The third-order valence-corrected chi connectivity index (χ3v) is 3.70. The normalized spacial score (nSPS) is 24.0. The first kappa shape index (κ1) is 10.1. The first-order chi connectivity index (χ1) is 6.75. The molecule has 2 heterocycles. The number of rotatable bonds is 3. The minimum atomic E-state index is 0.388. The van der Waals surface area contributed by atoms with E-state index in [0.29, 0.717) is 12.1 Å². The van der Waals surface area contributed by atoms with E-state index in [9.17, 15) is 0 Å². The van der Waals surface area contributed by atoms with Gasteiger partial charge in [-0.3, -0.25) is 0 Å². The molecule has 0 aromatic carbocycles. The molecule has 4 heteroatoms. The van der Waals surface area contributed by atoms with E-state index in [0.717, 1.165) is 18.8 Å². The van der Waals surface area contributed by atoms with E-state index < -0.39 is 0 Å². The van der Waals surface area contributed by atoms with Crippen LogP contribution in [0.4, 0.5) is 0 Å². The predicted molar refractivity (Wildman–Crippen MR) is 59.7 cm³/mol. The Balaban J connectivity index is 1.91. The second kappa shape index (κ2) is 4.38. The first-order valence-corrected chi connectivity index (χ1v) is 6.02. The lowest BCUT2D eigenvalue weighted by Crippen LogP contribution is -2.33. The molecule has 0 spiro atoms. The summed E-state index contributed by atoms with van der Waals surface area (Å²) in [6.45, 7) is 6.47. The maximum Gasteiger partial charge on any atom is 0.110 e. The minimum absolute atomic E-state index is 0.388. The summed E-state index contributed by atoms with van der Waals surface area (Å²) < 4.78 is 0. The fourth-order valence-electron chi connectivity index (χ4n) is 1.79. The fourth-order valence-corrected chi connectivity index (χ4v) is 2.61. The number of aryl methyl sites for hydroxylation is 1. The van der Waals surface area contributed by atoms with Crippen molar-refractivity contribution in [1.82, 2.24) is 15.6 Å². The molecule has 2 unspecified atom stereocenters. The Morgan fingerprint density at radius 3 is 3.14 bits per heavy atom. The highest BCUT2D eigenvalue weighted by atomic mass is 32.1. The summed E-state index contributed by atoms with van der Waals surface area (Å²) in [6, 6.07) is 1.01. The van der Waals surface area contributed by atoms with Gasteiger partial charge in [-0.25, -0.2) is 4.98 Å². The highest BCUT2D eigenvalue weighted by Gasteiger charge is 2.18. The number of nitrogens with zero attached hydrogens (tertiary/aromatic N) is 1. The van der Waals surface area contributed by atoms with Crippen molar-refractivity contribution >= 4 is 11.3 Å². The van der Waals surface area contributed by atoms with Crippen molar-refractivity contribution in [1.29, 1.82) is 0 Å². The molecule has 2 N–H and O–H groups in total. The van der Waals surface area contributed by atoms with E-state index in [1.807, 2.05) is 6.92 Å². The zero-order valence-electron chi connectivity index (χ0n) is 8.71. The van der Waals surface area contributed by atoms with Crippen LogP contribution in [0.3, 0.4) is 0 Å². The van der Waals surface area contributed by atoms with Crippen LogP contribution in [-0.4, -0.2) is 24.1 Å². The summed E-state index contributed by atoms with van der Waals surface area (Å²) in [7, 11) is 0. The Hall–Kier alpha value is -0.450. The van der Waals surface area contributed by atoms with Crippen LogP contribution in [0.5, 0.6) is 0 Å². The van der Waals surface area contributed by atoms with Gasteiger partial charge in [-0.1, -0.05) is 0 Å². The van der Waals surface area contributed by atoms with Crippen LogP contribution >= 0.6 is 11.3 Å². The third-order valence-electron chi connectivity index (χ3n) is 2.55. The second-order valence-electron chi connectivity index (χ2n) is 3.91. The van der Waals surface area contributed by atoms with Crippen molar-refractivity contribution in [3.8, 4) is 0 Å². The van der Waals surface area contributed by atoms with Gasteiger partial charge < -0.3 is 10.6 Å². The van der Waals surface area contributed by atoms with Gasteiger partial charge in [-0.2, -0.15) is 0 Å². The Kier molecular flexibility index (Phi) is 3.15. The van der Waals surface area contributed by atoms with Crippen LogP contribution in [0.2, 0.25) is 0 Å². The van der Waals surface area contributed by atoms with Gasteiger partial charge in [0.2, 0.25) is 0 Å².